The molecule has 0 radical (unpaired) electrons. The molecule has 0 atom stereocenters. The second-order valence-electron chi connectivity index (χ2n) is 7.65. The Morgan fingerprint density at radius 2 is 1.48 bits per heavy atom. The standard InChI is InChI=1S/C23H23FN2O3/c24-18-8-6-16(7-9-18)21(27)17-10-14-25(15-11-17)12-3-13-26-22(28)19-4-1-2-5-20(19)23(26)29/h1-2,4-9,17H,3,10-15H2. The molecule has 0 bridgehead atoms. The van der Waals surface area contributed by atoms with Crippen molar-refractivity contribution >= 4 is 17.6 Å². The molecule has 0 aromatic heterocycles. The Balaban J connectivity index is 1.24. The van der Waals surface area contributed by atoms with E-state index in [1.54, 1.807) is 36.4 Å². The Morgan fingerprint density at radius 3 is 2.07 bits per heavy atom. The summed E-state index contributed by atoms with van der Waals surface area (Å²) in [5.74, 6) is -0.721. The predicted molar refractivity (Wildman–Crippen MR) is 106 cm³/mol. The molecule has 29 heavy (non-hydrogen) atoms. The highest BCUT2D eigenvalue weighted by Crippen LogP contribution is 2.24. The Labute approximate surface area is 169 Å². The average molecular weight is 394 g/mol. The van der Waals surface area contributed by atoms with Crippen LogP contribution in [0.25, 0.3) is 0 Å². The lowest BCUT2D eigenvalue weighted by atomic mass is 9.89. The fourth-order valence-electron chi connectivity index (χ4n) is 4.16. The summed E-state index contributed by atoms with van der Waals surface area (Å²) in [6, 6.07) is 12.7. The Morgan fingerprint density at radius 1 is 0.897 bits per heavy atom. The van der Waals surface area contributed by atoms with Gasteiger partial charge in [-0.3, -0.25) is 19.3 Å². The van der Waals surface area contributed by atoms with E-state index in [9.17, 15) is 18.8 Å². The molecule has 1 fully saturated rings. The molecule has 150 valence electrons. The van der Waals surface area contributed by atoms with Gasteiger partial charge in [-0.15, -0.1) is 0 Å². The molecule has 2 aromatic rings. The number of ketones is 1. The fourth-order valence-corrected chi connectivity index (χ4v) is 4.16. The molecule has 4 rings (SSSR count). The molecule has 0 saturated carbocycles. The predicted octanol–water partition coefficient (Wildman–Crippen LogP) is 3.41. The largest absolute Gasteiger partial charge is 0.303 e. The maximum Gasteiger partial charge on any atom is 0.261 e. The van der Waals surface area contributed by atoms with Crippen molar-refractivity contribution in [2.24, 2.45) is 5.92 Å². The van der Waals surface area contributed by atoms with Gasteiger partial charge in [0.15, 0.2) is 5.78 Å². The van der Waals surface area contributed by atoms with Gasteiger partial charge in [-0.2, -0.15) is 0 Å². The fraction of sp³-hybridized carbons (Fsp3) is 0.348. The number of rotatable bonds is 6. The molecule has 6 heteroatoms. The van der Waals surface area contributed by atoms with E-state index >= 15 is 0 Å². The molecule has 2 heterocycles. The first-order valence-electron chi connectivity index (χ1n) is 10.0. The Hall–Kier alpha value is -2.86. The molecular formula is C23H23FN2O3. The molecular weight excluding hydrogens is 371 g/mol. The van der Waals surface area contributed by atoms with Crippen molar-refractivity contribution in [3.8, 4) is 0 Å². The van der Waals surface area contributed by atoms with Crippen molar-refractivity contribution in [3.05, 3.63) is 71.0 Å². The molecule has 1 saturated heterocycles. The normalized spacial score (nSPS) is 17.6. The maximum absolute atomic E-state index is 13.0. The average Bonchev–Trinajstić information content (AvgIpc) is 2.99. The van der Waals surface area contributed by atoms with E-state index in [1.165, 1.54) is 17.0 Å². The quantitative estimate of drug-likeness (QED) is 0.557. The highest BCUT2D eigenvalue weighted by molar-refractivity contribution is 6.21. The number of Topliss-reactive ketones (excluding diaryl/α,β-unsaturated/α-hetero) is 1. The summed E-state index contributed by atoms with van der Waals surface area (Å²) >= 11 is 0. The molecule has 0 N–H and O–H groups in total. The van der Waals surface area contributed by atoms with Gasteiger partial charge in [0.05, 0.1) is 11.1 Å². The maximum atomic E-state index is 13.0. The van der Waals surface area contributed by atoms with Gasteiger partial charge in [0.2, 0.25) is 0 Å². The molecule has 5 nitrogen and oxygen atoms in total. The number of nitrogens with zero attached hydrogens (tertiary/aromatic N) is 2. The minimum absolute atomic E-state index is 0.0343. The van der Waals surface area contributed by atoms with Gasteiger partial charge in [0.25, 0.3) is 11.8 Å². The summed E-state index contributed by atoms with van der Waals surface area (Å²) in [7, 11) is 0. The zero-order valence-corrected chi connectivity index (χ0v) is 16.1. The van der Waals surface area contributed by atoms with Crippen LogP contribution in [0.3, 0.4) is 0 Å². The number of carbonyl (C=O) groups is 3. The summed E-state index contributed by atoms with van der Waals surface area (Å²) in [4.78, 5) is 40.9. The number of amides is 2. The van der Waals surface area contributed by atoms with E-state index in [0.29, 0.717) is 29.7 Å². The number of benzene rings is 2. The summed E-state index contributed by atoms with van der Waals surface area (Å²) in [5, 5.41) is 0. The van der Waals surface area contributed by atoms with E-state index in [4.69, 9.17) is 0 Å². The summed E-state index contributed by atoms with van der Waals surface area (Å²) < 4.78 is 13.0. The second-order valence-corrected chi connectivity index (χ2v) is 7.65. The van der Waals surface area contributed by atoms with Crippen molar-refractivity contribution < 1.29 is 18.8 Å². The molecule has 0 aliphatic carbocycles. The number of hydrogen-bond acceptors (Lipinski definition) is 4. The number of halogens is 1. The molecule has 2 aliphatic rings. The third kappa shape index (κ3) is 3.98. The third-order valence-electron chi connectivity index (χ3n) is 5.82. The van der Waals surface area contributed by atoms with E-state index in [-0.39, 0.29) is 29.3 Å². The third-order valence-corrected chi connectivity index (χ3v) is 5.82. The van der Waals surface area contributed by atoms with Crippen LogP contribution in [0.15, 0.2) is 48.5 Å². The number of imide groups is 1. The number of piperidine rings is 1. The van der Waals surface area contributed by atoms with Gasteiger partial charge in [-0.05, 0) is 75.3 Å². The van der Waals surface area contributed by atoms with Crippen LogP contribution in [0.4, 0.5) is 4.39 Å². The van der Waals surface area contributed by atoms with Crippen LogP contribution in [0.5, 0.6) is 0 Å². The van der Waals surface area contributed by atoms with Crippen molar-refractivity contribution in [1.29, 1.82) is 0 Å². The second kappa shape index (κ2) is 8.25. The van der Waals surface area contributed by atoms with E-state index in [1.807, 2.05) is 0 Å². The minimum atomic E-state index is -0.338. The highest BCUT2D eigenvalue weighted by Gasteiger charge is 2.34. The van der Waals surface area contributed by atoms with Crippen LogP contribution in [-0.4, -0.2) is 53.6 Å². The van der Waals surface area contributed by atoms with Gasteiger partial charge in [-0.1, -0.05) is 12.1 Å². The van der Waals surface area contributed by atoms with E-state index in [2.05, 4.69) is 4.90 Å². The van der Waals surface area contributed by atoms with Crippen LogP contribution >= 0.6 is 0 Å². The monoisotopic (exact) mass is 394 g/mol. The topological polar surface area (TPSA) is 57.7 Å². The molecule has 0 unspecified atom stereocenters. The zero-order chi connectivity index (χ0) is 20.4. The summed E-state index contributed by atoms with van der Waals surface area (Å²) in [6.07, 6.45) is 2.24. The van der Waals surface area contributed by atoms with Crippen LogP contribution in [0, 0.1) is 11.7 Å². The first-order valence-corrected chi connectivity index (χ1v) is 10.0. The summed E-state index contributed by atoms with van der Waals surface area (Å²) in [5.41, 5.74) is 1.53. The zero-order valence-electron chi connectivity index (χ0n) is 16.1. The first kappa shape index (κ1) is 19.5. The summed E-state index contributed by atoms with van der Waals surface area (Å²) in [6.45, 7) is 2.80. The Bertz CT molecular complexity index is 898. The van der Waals surface area contributed by atoms with Crippen LogP contribution in [0.1, 0.15) is 50.3 Å². The lowest BCUT2D eigenvalue weighted by molar-refractivity contribution is 0.0639. The Kier molecular flexibility index (Phi) is 5.53. The van der Waals surface area contributed by atoms with Crippen LogP contribution in [0.2, 0.25) is 0 Å². The lowest BCUT2D eigenvalue weighted by Gasteiger charge is -2.31. The SMILES string of the molecule is O=C(c1ccc(F)cc1)C1CCN(CCCN2C(=O)c3ccccc3C2=O)CC1. The van der Waals surface area contributed by atoms with Crippen LogP contribution in [-0.2, 0) is 0 Å². The number of hydrogen-bond donors (Lipinski definition) is 0. The molecule has 2 aromatic carbocycles. The smallest absolute Gasteiger partial charge is 0.261 e. The van der Waals surface area contributed by atoms with Crippen molar-refractivity contribution in [2.75, 3.05) is 26.2 Å². The molecule has 0 spiro atoms. The van der Waals surface area contributed by atoms with Gasteiger partial charge < -0.3 is 4.90 Å². The van der Waals surface area contributed by atoms with Gasteiger partial charge in [-0.25, -0.2) is 4.39 Å². The van der Waals surface area contributed by atoms with Crippen molar-refractivity contribution in [3.63, 3.8) is 0 Å². The van der Waals surface area contributed by atoms with E-state index < -0.39 is 0 Å². The lowest BCUT2D eigenvalue weighted by Crippen LogP contribution is -2.38. The number of likely N-dealkylation sites (tertiary alicyclic amines) is 1. The van der Waals surface area contributed by atoms with Gasteiger partial charge >= 0.3 is 0 Å². The van der Waals surface area contributed by atoms with Crippen LogP contribution < -0.4 is 0 Å². The van der Waals surface area contributed by atoms with Crippen molar-refractivity contribution in [2.45, 2.75) is 19.3 Å². The number of carbonyl (C=O) groups excluding carboxylic acids is 3. The van der Waals surface area contributed by atoms with Gasteiger partial charge in [0.1, 0.15) is 5.82 Å². The first-order chi connectivity index (χ1) is 14.0. The van der Waals surface area contributed by atoms with Crippen molar-refractivity contribution in [1.82, 2.24) is 9.80 Å². The molecule has 2 amide bonds. The van der Waals surface area contributed by atoms with Gasteiger partial charge in [0, 0.05) is 18.0 Å². The van der Waals surface area contributed by atoms with E-state index in [0.717, 1.165) is 32.5 Å². The molecule has 2 aliphatic heterocycles. The highest BCUT2D eigenvalue weighted by atomic mass is 19.1. The minimum Gasteiger partial charge on any atom is -0.303 e. The number of fused-ring (bicyclic) bond motifs is 1.